The quantitative estimate of drug-likeness (QED) is 0.691. The first-order chi connectivity index (χ1) is 14.6. The summed E-state index contributed by atoms with van der Waals surface area (Å²) in [6.45, 7) is 2.42. The van der Waals surface area contributed by atoms with Crippen molar-refractivity contribution in [2.75, 3.05) is 40.9 Å². The van der Waals surface area contributed by atoms with Crippen LogP contribution >= 0.6 is 0 Å². The molecule has 1 aliphatic heterocycles. The zero-order chi connectivity index (χ0) is 21.3. The Bertz CT molecular complexity index is 902. The first-order valence-corrected chi connectivity index (χ1v) is 10.4. The first-order valence-electron chi connectivity index (χ1n) is 10.4. The van der Waals surface area contributed by atoms with E-state index in [4.69, 9.17) is 9.47 Å². The summed E-state index contributed by atoms with van der Waals surface area (Å²) in [5.41, 5.74) is 2.07. The Kier molecular flexibility index (Phi) is 7.75. The monoisotopic (exact) mass is 406 g/mol. The molecule has 0 aliphatic carbocycles. The lowest BCUT2D eigenvalue weighted by Crippen LogP contribution is -2.48. The number of methoxy groups -OCH3 is 2. The second-order valence-electron chi connectivity index (χ2n) is 7.58. The molecule has 0 aromatic heterocycles. The van der Waals surface area contributed by atoms with Gasteiger partial charge in [-0.05, 0) is 56.1 Å². The van der Waals surface area contributed by atoms with Crippen LogP contribution in [0.2, 0.25) is 0 Å². The summed E-state index contributed by atoms with van der Waals surface area (Å²) in [5, 5.41) is 0. The average molecular weight is 407 g/mol. The van der Waals surface area contributed by atoms with E-state index in [0.717, 1.165) is 56.0 Å². The minimum absolute atomic E-state index is 0.0863. The molecule has 1 fully saturated rings. The maximum atomic E-state index is 12.6. The van der Waals surface area contributed by atoms with Crippen molar-refractivity contribution in [1.29, 1.82) is 0 Å². The van der Waals surface area contributed by atoms with Crippen LogP contribution in [0.25, 0.3) is 0 Å². The van der Waals surface area contributed by atoms with Crippen LogP contribution < -0.4 is 9.47 Å². The maximum Gasteiger partial charge on any atom is 0.298 e. The molecular weight excluding hydrogens is 376 g/mol. The van der Waals surface area contributed by atoms with Crippen molar-refractivity contribution in [2.24, 2.45) is 0 Å². The number of carbonyl (C=O) groups is 1. The molecule has 5 nitrogen and oxygen atoms in total. The summed E-state index contributed by atoms with van der Waals surface area (Å²) in [4.78, 5) is 16.8. The molecule has 1 aliphatic rings. The fraction of sp³-hybridized carbons (Fsp3) is 0.400. The van der Waals surface area contributed by atoms with Gasteiger partial charge in [-0.1, -0.05) is 30.2 Å². The molecule has 2 aromatic rings. The van der Waals surface area contributed by atoms with Gasteiger partial charge in [-0.25, -0.2) is 0 Å². The van der Waals surface area contributed by atoms with Gasteiger partial charge in [0.25, 0.3) is 5.91 Å². The molecule has 0 unspecified atom stereocenters. The van der Waals surface area contributed by atoms with Crippen molar-refractivity contribution in [1.82, 2.24) is 9.80 Å². The van der Waals surface area contributed by atoms with Crippen LogP contribution in [0.5, 0.6) is 11.5 Å². The molecule has 0 N–H and O–H groups in total. The number of rotatable bonds is 6. The number of carbonyl (C=O) groups excluding carboxylic acids is 1. The largest absolute Gasteiger partial charge is 0.493 e. The number of nitrogens with zero attached hydrogens (tertiary/aromatic N) is 2. The summed E-state index contributed by atoms with van der Waals surface area (Å²) in [7, 11) is 5.43. The lowest BCUT2D eigenvalue weighted by molar-refractivity contribution is -0.127. The Morgan fingerprint density at radius 3 is 2.63 bits per heavy atom. The fourth-order valence-corrected chi connectivity index (χ4v) is 3.75. The van der Waals surface area contributed by atoms with E-state index in [-0.39, 0.29) is 5.91 Å². The summed E-state index contributed by atoms with van der Waals surface area (Å²) in [5.74, 6) is 7.19. The molecule has 0 spiro atoms. The minimum Gasteiger partial charge on any atom is -0.493 e. The summed E-state index contributed by atoms with van der Waals surface area (Å²) in [6.07, 6.45) is 3.01. The summed E-state index contributed by atoms with van der Waals surface area (Å²) in [6, 6.07) is 16.0. The molecule has 2 aromatic carbocycles. The summed E-state index contributed by atoms with van der Waals surface area (Å²) < 4.78 is 10.7. The van der Waals surface area contributed by atoms with Gasteiger partial charge >= 0.3 is 0 Å². The molecular formula is C25H30N2O3. The topological polar surface area (TPSA) is 42.0 Å². The highest BCUT2D eigenvalue weighted by atomic mass is 16.5. The van der Waals surface area contributed by atoms with Gasteiger partial charge in [0, 0.05) is 37.2 Å². The van der Waals surface area contributed by atoms with E-state index in [1.807, 2.05) is 47.4 Å². The van der Waals surface area contributed by atoms with Crippen LogP contribution in [0.4, 0.5) is 0 Å². The van der Waals surface area contributed by atoms with Crippen LogP contribution in [-0.4, -0.2) is 62.7 Å². The maximum absolute atomic E-state index is 12.6. The minimum atomic E-state index is -0.0863. The predicted molar refractivity (Wildman–Crippen MR) is 119 cm³/mol. The van der Waals surface area contributed by atoms with Gasteiger partial charge in [0.05, 0.1) is 14.2 Å². The molecule has 1 heterocycles. The molecule has 1 atom stereocenters. The molecule has 30 heavy (non-hydrogen) atoms. The van der Waals surface area contributed by atoms with Crippen LogP contribution in [0.3, 0.4) is 0 Å². The Morgan fingerprint density at radius 2 is 1.90 bits per heavy atom. The normalized spacial score (nSPS) is 16.0. The standard InChI is InChI=1S/C25H30N2O3/c1-26(17-15-21-11-13-23(29-2)24(18-21)30-3)22-10-7-16-27(19-22)25(28)14-12-20-8-5-4-6-9-20/h4-6,8-9,11,13,18,22H,7,10,15-17,19H2,1-3H3/t22-/m1/s1. The number of hydrogen-bond acceptors (Lipinski definition) is 4. The number of hydrogen-bond donors (Lipinski definition) is 0. The van der Waals surface area contributed by atoms with Crippen LogP contribution in [0.15, 0.2) is 48.5 Å². The lowest BCUT2D eigenvalue weighted by atomic mass is 10.0. The second-order valence-corrected chi connectivity index (χ2v) is 7.58. The zero-order valence-corrected chi connectivity index (χ0v) is 18.1. The predicted octanol–water partition coefficient (Wildman–Crippen LogP) is 3.22. The fourth-order valence-electron chi connectivity index (χ4n) is 3.75. The molecule has 0 radical (unpaired) electrons. The van der Waals surface area contributed by atoms with Gasteiger partial charge < -0.3 is 19.3 Å². The van der Waals surface area contributed by atoms with Gasteiger partial charge in [-0.3, -0.25) is 4.79 Å². The van der Waals surface area contributed by atoms with Crippen molar-refractivity contribution in [3.05, 3.63) is 59.7 Å². The number of amides is 1. The van der Waals surface area contributed by atoms with Gasteiger partial charge in [0.1, 0.15) is 0 Å². The molecule has 1 saturated heterocycles. The average Bonchev–Trinajstić information content (AvgIpc) is 2.81. The van der Waals surface area contributed by atoms with Crippen LogP contribution in [0.1, 0.15) is 24.0 Å². The second kappa shape index (κ2) is 10.7. The Hall–Kier alpha value is -2.97. The highest BCUT2D eigenvalue weighted by Gasteiger charge is 2.25. The van der Waals surface area contributed by atoms with Crippen molar-refractivity contribution in [2.45, 2.75) is 25.3 Å². The van der Waals surface area contributed by atoms with Crippen molar-refractivity contribution in [3.63, 3.8) is 0 Å². The van der Waals surface area contributed by atoms with Gasteiger partial charge in [-0.15, -0.1) is 0 Å². The highest BCUT2D eigenvalue weighted by molar-refractivity contribution is 5.94. The van der Waals surface area contributed by atoms with E-state index >= 15 is 0 Å². The van der Waals surface area contributed by atoms with Gasteiger partial charge in [-0.2, -0.15) is 0 Å². The van der Waals surface area contributed by atoms with Gasteiger partial charge in [0.2, 0.25) is 0 Å². The number of benzene rings is 2. The molecule has 5 heteroatoms. The van der Waals surface area contributed by atoms with E-state index in [1.165, 1.54) is 5.56 Å². The Morgan fingerprint density at radius 1 is 1.13 bits per heavy atom. The number of piperidine rings is 1. The van der Waals surface area contributed by atoms with Crippen molar-refractivity contribution in [3.8, 4) is 23.3 Å². The van der Waals surface area contributed by atoms with E-state index in [2.05, 4.69) is 29.9 Å². The molecule has 0 saturated carbocycles. The Balaban J connectivity index is 1.54. The Labute approximate surface area is 179 Å². The first kappa shape index (κ1) is 21.7. The van der Waals surface area contributed by atoms with Gasteiger partial charge in [0.15, 0.2) is 11.5 Å². The highest BCUT2D eigenvalue weighted by Crippen LogP contribution is 2.28. The zero-order valence-electron chi connectivity index (χ0n) is 18.1. The third-order valence-corrected chi connectivity index (χ3v) is 5.60. The van der Waals surface area contributed by atoms with E-state index in [1.54, 1.807) is 14.2 Å². The molecule has 3 rings (SSSR count). The van der Waals surface area contributed by atoms with Crippen LogP contribution in [-0.2, 0) is 11.2 Å². The van der Waals surface area contributed by atoms with E-state index in [0.29, 0.717) is 6.04 Å². The number of ether oxygens (including phenoxy) is 2. The molecule has 1 amide bonds. The van der Waals surface area contributed by atoms with Crippen LogP contribution in [0, 0.1) is 11.8 Å². The lowest BCUT2D eigenvalue weighted by Gasteiger charge is -2.37. The van der Waals surface area contributed by atoms with E-state index < -0.39 is 0 Å². The molecule has 0 bridgehead atoms. The van der Waals surface area contributed by atoms with E-state index in [9.17, 15) is 4.79 Å². The van der Waals surface area contributed by atoms with Crippen molar-refractivity contribution < 1.29 is 14.3 Å². The molecule has 158 valence electrons. The summed E-state index contributed by atoms with van der Waals surface area (Å²) >= 11 is 0. The smallest absolute Gasteiger partial charge is 0.298 e. The number of likely N-dealkylation sites (tertiary alicyclic amines) is 1. The SMILES string of the molecule is COc1ccc(CCN(C)[C@@H]2CCCN(C(=O)C#Cc3ccccc3)C2)cc1OC. The third kappa shape index (κ3) is 5.77. The number of likely N-dealkylation sites (N-methyl/N-ethyl adjacent to an activating group) is 1. The van der Waals surface area contributed by atoms with Crippen molar-refractivity contribution >= 4 is 5.91 Å². The third-order valence-electron chi connectivity index (χ3n) is 5.60.